The molecule has 1 aliphatic heterocycles. The van der Waals surface area contributed by atoms with Crippen molar-refractivity contribution in [3.8, 4) is 11.5 Å². The van der Waals surface area contributed by atoms with Crippen molar-refractivity contribution in [3.63, 3.8) is 0 Å². The molecule has 27 heavy (non-hydrogen) atoms. The van der Waals surface area contributed by atoms with Gasteiger partial charge >= 0.3 is 0 Å². The highest BCUT2D eigenvalue weighted by atomic mass is 16.5. The monoisotopic (exact) mass is 366 g/mol. The first kappa shape index (κ1) is 18.2. The number of imide groups is 1. The zero-order valence-electron chi connectivity index (χ0n) is 14.9. The summed E-state index contributed by atoms with van der Waals surface area (Å²) < 4.78 is 10.7. The predicted molar refractivity (Wildman–Crippen MR) is 99.3 cm³/mol. The highest BCUT2D eigenvalue weighted by molar-refractivity contribution is 6.33. The fraction of sp³-hybridized carbons (Fsp3) is 0.150. The Bertz CT molecular complexity index is 949. The third-order valence-electron chi connectivity index (χ3n) is 4.07. The summed E-state index contributed by atoms with van der Waals surface area (Å²) >= 11 is 0. The van der Waals surface area contributed by atoms with Crippen LogP contribution in [0.25, 0.3) is 11.6 Å². The molecule has 0 bridgehead atoms. The topological polar surface area (TPSA) is 93.7 Å². The van der Waals surface area contributed by atoms with Gasteiger partial charge in [-0.1, -0.05) is 24.3 Å². The van der Waals surface area contributed by atoms with E-state index in [-0.39, 0.29) is 12.5 Å². The van der Waals surface area contributed by atoms with E-state index in [0.717, 1.165) is 0 Å². The van der Waals surface area contributed by atoms with Gasteiger partial charge in [0.05, 0.1) is 7.11 Å². The molecule has 1 aliphatic rings. The van der Waals surface area contributed by atoms with Gasteiger partial charge in [0.25, 0.3) is 17.7 Å². The second-order valence-electron chi connectivity index (χ2n) is 5.76. The first-order valence-corrected chi connectivity index (χ1v) is 8.21. The minimum absolute atomic E-state index is 0.134. The number of hydrogen-bond acceptors (Lipinski definition) is 5. The first-order valence-electron chi connectivity index (χ1n) is 8.21. The molecule has 0 fully saturated rings. The van der Waals surface area contributed by atoms with E-state index < -0.39 is 11.8 Å². The molecule has 0 aromatic heterocycles. The van der Waals surface area contributed by atoms with E-state index in [2.05, 4.69) is 10.6 Å². The van der Waals surface area contributed by atoms with Crippen molar-refractivity contribution in [2.24, 2.45) is 0 Å². The van der Waals surface area contributed by atoms with Gasteiger partial charge in [-0.3, -0.25) is 19.7 Å². The molecular weight excluding hydrogens is 348 g/mol. The molecule has 7 nitrogen and oxygen atoms in total. The highest BCUT2D eigenvalue weighted by Crippen LogP contribution is 2.31. The van der Waals surface area contributed by atoms with Gasteiger partial charge in [0, 0.05) is 18.2 Å². The number of amides is 3. The Labute approximate surface area is 156 Å². The average molecular weight is 366 g/mol. The van der Waals surface area contributed by atoms with Crippen LogP contribution in [0.15, 0.2) is 42.5 Å². The lowest BCUT2D eigenvalue weighted by Gasteiger charge is -2.18. The van der Waals surface area contributed by atoms with Crippen molar-refractivity contribution in [1.29, 1.82) is 0 Å². The van der Waals surface area contributed by atoms with E-state index in [9.17, 15) is 14.4 Å². The van der Waals surface area contributed by atoms with Crippen LogP contribution in [0.3, 0.4) is 0 Å². The second kappa shape index (κ2) is 7.74. The molecule has 2 aromatic rings. The normalized spacial score (nSPS) is 14.4. The third kappa shape index (κ3) is 3.82. The number of methoxy groups -OCH3 is 1. The summed E-state index contributed by atoms with van der Waals surface area (Å²) in [6, 6.07) is 12.0. The molecule has 0 aliphatic carbocycles. The lowest BCUT2D eigenvalue weighted by atomic mass is 9.93. The van der Waals surface area contributed by atoms with E-state index in [0.29, 0.717) is 33.8 Å². The predicted octanol–water partition coefficient (Wildman–Crippen LogP) is 1.63. The van der Waals surface area contributed by atoms with E-state index >= 15 is 0 Å². The van der Waals surface area contributed by atoms with Gasteiger partial charge in [0.2, 0.25) is 0 Å². The number of fused-ring (bicyclic) bond motifs is 1. The molecule has 0 radical (unpaired) electrons. The summed E-state index contributed by atoms with van der Waals surface area (Å²) in [6.07, 6.45) is 1.67. The lowest BCUT2D eigenvalue weighted by molar-refractivity contribution is -0.122. The molecule has 138 valence electrons. The summed E-state index contributed by atoms with van der Waals surface area (Å²) in [5.41, 5.74) is 2.09. The van der Waals surface area contributed by atoms with Gasteiger partial charge in [-0.05, 0) is 35.4 Å². The molecule has 0 saturated heterocycles. The Balaban J connectivity index is 1.95. The Kier molecular flexibility index (Phi) is 5.21. The third-order valence-corrected chi connectivity index (χ3v) is 4.07. The van der Waals surface area contributed by atoms with Crippen LogP contribution in [0.5, 0.6) is 11.5 Å². The second-order valence-corrected chi connectivity index (χ2v) is 5.76. The maximum Gasteiger partial charge on any atom is 0.258 e. The fourth-order valence-electron chi connectivity index (χ4n) is 2.69. The molecule has 3 amide bonds. The SMILES string of the molecule is CNC(=O)COc1ccc(/C=C2\C(=O)NC(=O)c3ccccc32)cc1OC. The number of carbonyl (C=O) groups excluding carboxylic acids is 3. The number of likely N-dealkylation sites (N-methyl/N-ethyl adjacent to an activating group) is 1. The van der Waals surface area contributed by atoms with Gasteiger partial charge in [0.1, 0.15) is 0 Å². The highest BCUT2D eigenvalue weighted by Gasteiger charge is 2.26. The Morgan fingerprint density at radius 1 is 1.07 bits per heavy atom. The van der Waals surface area contributed by atoms with E-state index in [1.807, 2.05) is 0 Å². The fourth-order valence-corrected chi connectivity index (χ4v) is 2.69. The van der Waals surface area contributed by atoms with Gasteiger partial charge in [-0.15, -0.1) is 0 Å². The Hall–Kier alpha value is -3.61. The average Bonchev–Trinajstić information content (AvgIpc) is 2.69. The molecule has 1 heterocycles. The van der Waals surface area contributed by atoms with Crippen molar-refractivity contribution in [2.75, 3.05) is 20.8 Å². The zero-order valence-corrected chi connectivity index (χ0v) is 14.9. The number of nitrogens with one attached hydrogen (secondary N) is 2. The van der Waals surface area contributed by atoms with Crippen molar-refractivity contribution in [2.45, 2.75) is 0 Å². The summed E-state index contributed by atoms with van der Waals surface area (Å²) in [6.45, 7) is -0.134. The first-order chi connectivity index (χ1) is 13.0. The van der Waals surface area contributed by atoms with E-state index in [1.165, 1.54) is 14.2 Å². The van der Waals surface area contributed by atoms with Crippen molar-refractivity contribution in [3.05, 3.63) is 59.2 Å². The maximum absolute atomic E-state index is 12.3. The molecule has 2 aromatic carbocycles. The van der Waals surface area contributed by atoms with Crippen molar-refractivity contribution in [1.82, 2.24) is 10.6 Å². The standard InChI is InChI=1S/C20H18N2O5/c1-21-18(23)11-27-16-8-7-12(10-17(16)26-2)9-15-13-5-3-4-6-14(13)19(24)22-20(15)25/h3-10H,11H2,1-2H3,(H,21,23)(H,22,24,25)/b15-9-. The molecular formula is C20H18N2O5. The van der Waals surface area contributed by atoms with E-state index in [1.54, 1.807) is 48.5 Å². The quantitative estimate of drug-likeness (QED) is 0.620. The van der Waals surface area contributed by atoms with Crippen LogP contribution in [0.2, 0.25) is 0 Å². The van der Waals surface area contributed by atoms with Crippen LogP contribution in [-0.2, 0) is 9.59 Å². The molecule has 0 saturated carbocycles. The Morgan fingerprint density at radius 3 is 2.52 bits per heavy atom. The summed E-state index contributed by atoms with van der Waals surface area (Å²) in [7, 11) is 3.01. The van der Waals surface area contributed by atoms with Crippen LogP contribution in [0.4, 0.5) is 0 Å². The number of ether oxygens (including phenoxy) is 2. The minimum atomic E-state index is -0.461. The van der Waals surface area contributed by atoms with Gasteiger partial charge in [-0.2, -0.15) is 0 Å². The molecule has 0 spiro atoms. The van der Waals surface area contributed by atoms with Crippen LogP contribution in [-0.4, -0.2) is 38.5 Å². The van der Waals surface area contributed by atoms with Crippen LogP contribution >= 0.6 is 0 Å². The van der Waals surface area contributed by atoms with E-state index in [4.69, 9.17) is 9.47 Å². The van der Waals surface area contributed by atoms with Gasteiger partial charge in [0.15, 0.2) is 18.1 Å². The molecule has 3 rings (SSSR count). The zero-order chi connectivity index (χ0) is 19.4. The summed E-state index contributed by atoms with van der Waals surface area (Å²) in [5.74, 6) is -0.301. The lowest BCUT2D eigenvalue weighted by Crippen LogP contribution is -2.36. The van der Waals surface area contributed by atoms with Crippen LogP contribution in [0, 0.1) is 0 Å². The van der Waals surface area contributed by atoms with Crippen molar-refractivity contribution < 1.29 is 23.9 Å². The largest absolute Gasteiger partial charge is 0.493 e. The smallest absolute Gasteiger partial charge is 0.258 e. The molecule has 0 atom stereocenters. The van der Waals surface area contributed by atoms with Gasteiger partial charge in [-0.25, -0.2) is 0 Å². The molecule has 7 heteroatoms. The summed E-state index contributed by atoms with van der Waals surface area (Å²) in [4.78, 5) is 35.6. The van der Waals surface area contributed by atoms with Crippen LogP contribution in [0.1, 0.15) is 21.5 Å². The summed E-state index contributed by atoms with van der Waals surface area (Å²) in [5, 5.41) is 4.81. The minimum Gasteiger partial charge on any atom is -0.493 e. The van der Waals surface area contributed by atoms with Gasteiger partial charge < -0.3 is 14.8 Å². The number of hydrogen-bond donors (Lipinski definition) is 2. The Morgan fingerprint density at radius 2 is 1.81 bits per heavy atom. The van der Waals surface area contributed by atoms with Crippen molar-refractivity contribution >= 4 is 29.4 Å². The number of benzene rings is 2. The number of carbonyl (C=O) groups is 3. The number of rotatable bonds is 5. The maximum atomic E-state index is 12.3. The van der Waals surface area contributed by atoms with Crippen LogP contribution < -0.4 is 20.1 Å². The molecule has 2 N–H and O–H groups in total. The molecule has 0 unspecified atom stereocenters.